The van der Waals surface area contributed by atoms with Crippen LogP contribution in [-0.2, 0) is 6.18 Å². The maximum Gasteiger partial charge on any atom is 0.417 e. The third-order valence-corrected chi connectivity index (χ3v) is 3.89. The van der Waals surface area contributed by atoms with Gasteiger partial charge in [-0.25, -0.2) is 0 Å². The average molecular weight is 384 g/mol. The lowest BCUT2D eigenvalue weighted by Crippen LogP contribution is -2.06. The maximum atomic E-state index is 12.9. The number of benzene rings is 1. The Bertz CT molecular complexity index is 630. The normalized spacial score (nSPS) is 13.4. The van der Waals surface area contributed by atoms with Gasteiger partial charge in [-0.05, 0) is 24.6 Å². The minimum absolute atomic E-state index is 0.0183. The number of halogens is 5. The molecule has 8 heteroatoms. The van der Waals surface area contributed by atoms with Gasteiger partial charge in [0.15, 0.2) is 5.82 Å². The van der Waals surface area contributed by atoms with Gasteiger partial charge in [0.2, 0.25) is 0 Å². The molecule has 0 radical (unpaired) electrons. The second-order valence-corrected chi connectivity index (χ2v) is 5.79. The molecule has 3 nitrogen and oxygen atoms in total. The second kappa shape index (κ2) is 6.36. The zero-order valence-electron chi connectivity index (χ0n) is 10.9. The van der Waals surface area contributed by atoms with Crippen molar-refractivity contribution < 1.29 is 17.7 Å². The summed E-state index contributed by atoms with van der Waals surface area (Å²) in [7, 11) is 0. The van der Waals surface area contributed by atoms with Crippen LogP contribution in [-0.4, -0.2) is 10.1 Å². The van der Waals surface area contributed by atoms with Crippen LogP contribution in [0.3, 0.4) is 0 Å². The van der Waals surface area contributed by atoms with Gasteiger partial charge in [0, 0.05) is 10.0 Å². The Morgan fingerprint density at radius 1 is 1.38 bits per heavy atom. The van der Waals surface area contributed by atoms with Crippen LogP contribution < -0.4 is 0 Å². The van der Waals surface area contributed by atoms with Crippen molar-refractivity contribution >= 4 is 27.5 Å². The van der Waals surface area contributed by atoms with Crippen molar-refractivity contribution in [2.45, 2.75) is 31.3 Å². The van der Waals surface area contributed by atoms with E-state index in [9.17, 15) is 13.2 Å². The van der Waals surface area contributed by atoms with Gasteiger partial charge in [0.05, 0.1) is 10.9 Å². The van der Waals surface area contributed by atoms with Gasteiger partial charge < -0.3 is 4.52 Å². The average Bonchev–Trinajstić information content (AvgIpc) is 2.88. The molecule has 2 aromatic rings. The fourth-order valence-corrected chi connectivity index (χ4v) is 2.52. The van der Waals surface area contributed by atoms with E-state index >= 15 is 0 Å². The summed E-state index contributed by atoms with van der Waals surface area (Å²) in [6, 6.07) is 3.73. The highest BCUT2D eigenvalue weighted by Crippen LogP contribution is 2.37. The number of aromatic nitrogens is 2. The zero-order chi connectivity index (χ0) is 15.6. The van der Waals surface area contributed by atoms with Crippen LogP contribution in [0, 0.1) is 0 Å². The SMILES string of the molecule is CCCC(Cl)c1noc(-c2ccc(Br)c(C(F)(F)F)c2)n1. The molecule has 114 valence electrons. The Morgan fingerprint density at radius 2 is 2.10 bits per heavy atom. The number of rotatable bonds is 4. The van der Waals surface area contributed by atoms with Gasteiger partial charge in [-0.3, -0.25) is 0 Å². The van der Waals surface area contributed by atoms with Crippen molar-refractivity contribution in [3.63, 3.8) is 0 Å². The molecule has 2 rings (SSSR count). The molecule has 0 spiro atoms. The molecule has 0 aliphatic heterocycles. The lowest BCUT2D eigenvalue weighted by Gasteiger charge is -2.09. The van der Waals surface area contributed by atoms with Crippen LogP contribution in [0.2, 0.25) is 0 Å². The third-order valence-electron chi connectivity index (χ3n) is 2.78. The number of hydrogen-bond donors (Lipinski definition) is 0. The first-order valence-corrected chi connectivity index (χ1v) is 7.40. The minimum Gasteiger partial charge on any atom is -0.334 e. The number of alkyl halides is 4. The summed E-state index contributed by atoms with van der Waals surface area (Å²) < 4.78 is 43.5. The van der Waals surface area contributed by atoms with Gasteiger partial charge in [0.1, 0.15) is 0 Å². The Hall–Kier alpha value is -1.08. The van der Waals surface area contributed by atoms with Crippen LogP contribution in [0.15, 0.2) is 27.2 Å². The molecule has 0 amide bonds. The first-order chi connectivity index (χ1) is 9.82. The van der Waals surface area contributed by atoms with Crippen LogP contribution >= 0.6 is 27.5 Å². The van der Waals surface area contributed by atoms with Gasteiger partial charge >= 0.3 is 6.18 Å². The molecule has 21 heavy (non-hydrogen) atoms. The minimum atomic E-state index is -4.46. The quantitative estimate of drug-likeness (QED) is 0.645. The maximum absolute atomic E-state index is 12.9. The van der Waals surface area contributed by atoms with Crippen molar-refractivity contribution in [2.24, 2.45) is 0 Å². The monoisotopic (exact) mass is 382 g/mol. The van der Waals surface area contributed by atoms with Crippen molar-refractivity contribution in [1.29, 1.82) is 0 Å². The van der Waals surface area contributed by atoms with Crippen LogP contribution in [0.5, 0.6) is 0 Å². The summed E-state index contributed by atoms with van der Waals surface area (Å²) in [5, 5.41) is 3.30. The van der Waals surface area contributed by atoms with Crippen molar-refractivity contribution in [3.8, 4) is 11.5 Å². The molecule has 0 saturated heterocycles. The highest BCUT2D eigenvalue weighted by Gasteiger charge is 2.33. The zero-order valence-corrected chi connectivity index (χ0v) is 13.3. The van der Waals surface area contributed by atoms with Gasteiger partial charge in [-0.1, -0.05) is 34.4 Å². The Balaban J connectivity index is 2.35. The molecule has 0 aliphatic rings. The highest BCUT2D eigenvalue weighted by atomic mass is 79.9. The van der Waals surface area contributed by atoms with E-state index in [0.717, 1.165) is 12.5 Å². The number of hydrogen-bond acceptors (Lipinski definition) is 3. The topological polar surface area (TPSA) is 38.9 Å². The highest BCUT2D eigenvalue weighted by molar-refractivity contribution is 9.10. The van der Waals surface area contributed by atoms with E-state index in [0.29, 0.717) is 6.42 Å². The van der Waals surface area contributed by atoms with Crippen LogP contribution in [0.1, 0.15) is 36.5 Å². The summed E-state index contributed by atoms with van der Waals surface area (Å²) in [6.07, 6.45) is -2.96. The van der Waals surface area contributed by atoms with Gasteiger partial charge in [-0.15, -0.1) is 11.6 Å². The molecule has 1 aromatic carbocycles. The van der Waals surface area contributed by atoms with E-state index in [1.54, 1.807) is 0 Å². The first-order valence-electron chi connectivity index (χ1n) is 6.17. The molecule has 1 unspecified atom stereocenters. The summed E-state index contributed by atoms with van der Waals surface area (Å²) in [4.78, 5) is 4.06. The number of nitrogens with zero attached hydrogens (tertiary/aromatic N) is 2. The second-order valence-electron chi connectivity index (χ2n) is 4.41. The molecule has 1 aromatic heterocycles. The summed E-state index contributed by atoms with van der Waals surface area (Å²) in [5.74, 6) is 0.301. The molecular weight excluding hydrogens is 373 g/mol. The predicted octanol–water partition coefficient (Wildman–Crippen LogP) is 5.60. The molecule has 0 saturated carbocycles. The Morgan fingerprint density at radius 3 is 2.71 bits per heavy atom. The van der Waals surface area contributed by atoms with Crippen molar-refractivity contribution in [3.05, 3.63) is 34.1 Å². The fraction of sp³-hybridized carbons (Fsp3) is 0.385. The summed E-state index contributed by atoms with van der Waals surface area (Å²) in [6.45, 7) is 1.96. The molecule has 0 bridgehead atoms. The lowest BCUT2D eigenvalue weighted by atomic mass is 10.1. The molecule has 1 atom stereocenters. The van der Waals surface area contributed by atoms with Crippen molar-refractivity contribution in [1.82, 2.24) is 10.1 Å². The fourth-order valence-electron chi connectivity index (χ4n) is 1.74. The smallest absolute Gasteiger partial charge is 0.334 e. The van der Waals surface area contributed by atoms with E-state index < -0.39 is 17.1 Å². The Labute approximate surface area is 132 Å². The van der Waals surface area contributed by atoms with E-state index in [-0.39, 0.29) is 21.8 Å². The van der Waals surface area contributed by atoms with Gasteiger partial charge in [-0.2, -0.15) is 18.2 Å². The van der Waals surface area contributed by atoms with Gasteiger partial charge in [0.25, 0.3) is 5.89 Å². The third kappa shape index (κ3) is 3.77. The largest absolute Gasteiger partial charge is 0.417 e. The predicted molar refractivity (Wildman–Crippen MR) is 75.9 cm³/mol. The van der Waals surface area contributed by atoms with E-state index in [1.807, 2.05) is 6.92 Å². The van der Waals surface area contributed by atoms with Crippen LogP contribution in [0.4, 0.5) is 13.2 Å². The first kappa shape index (κ1) is 16.3. The van der Waals surface area contributed by atoms with E-state index in [2.05, 4.69) is 26.1 Å². The molecule has 1 heterocycles. The van der Waals surface area contributed by atoms with E-state index in [4.69, 9.17) is 16.1 Å². The van der Waals surface area contributed by atoms with E-state index in [1.165, 1.54) is 12.1 Å². The molecule has 0 N–H and O–H groups in total. The standard InChI is InChI=1S/C13H11BrClF3N2O/c1-2-3-10(15)11-19-12(21-20-11)7-4-5-9(14)8(6-7)13(16,17)18/h4-6,10H,2-3H2,1H3. The van der Waals surface area contributed by atoms with Crippen LogP contribution in [0.25, 0.3) is 11.5 Å². The molecular formula is C13H11BrClF3N2O. The summed E-state index contributed by atoms with van der Waals surface area (Å²) >= 11 is 8.94. The van der Waals surface area contributed by atoms with Crippen molar-refractivity contribution in [2.75, 3.05) is 0 Å². The lowest BCUT2D eigenvalue weighted by molar-refractivity contribution is -0.138. The Kier molecular flexibility index (Phi) is 4.93. The summed E-state index contributed by atoms with van der Waals surface area (Å²) in [5.41, 5.74) is -0.597. The molecule has 0 fully saturated rings. The molecule has 0 aliphatic carbocycles.